The summed E-state index contributed by atoms with van der Waals surface area (Å²) in [6.07, 6.45) is 4.09. The fraction of sp³-hybridized carbons (Fsp3) is 0.889. The largest absolute Gasteiger partial charge is 0.483 e. The molecule has 0 atom stereocenters. The van der Waals surface area contributed by atoms with E-state index in [-0.39, 0.29) is 6.47 Å². The molecule has 0 aromatic rings. The van der Waals surface area contributed by atoms with E-state index >= 15 is 0 Å². The van der Waals surface area contributed by atoms with Crippen LogP contribution in [0.15, 0.2) is 0 Å². The Morgan fingerprint density at radius 1 is 1.25 bits per heavy atom. The number of quaternary nitrogens is 1. The molecule has 0 heterocycles. The normalized spacial score (nSPS) is 10.0. The van der Waals surface area contributed by atoms with Crippen LogP contribution in [0, 0.1) is 0 Å². The zero-order chi connectivity index (χ0) is 10.0. The molecule has 1 N–H and O–H groups in total. The van der Waals surface area contributed by atoms with E-state index in [0.29, 0.717) is 0 Å². The number of hydrogen-bond acceptors (Lipinski definition) is 1. The van der Waals surface area contributed by atoms with Crippen molar-refractivity contribution in [2.24, 2.45) is 0 Å². The molecule has 0 aliphatic carbocycles. The Kier molecular flexibility index (Phi) is 9.93. The molecule has 0 amide bonds. The molecule has 12 heavy (non-hydrogen) atoms. The van der Waals surface area contributed by atoms with Gasteiger partial charge < -0.3 is 9.59 Å². The Labute approximate surface area is 75.6 Å². The van der Waals surface area contributed by atoms with Crippen molar-refractivity contribution in [1.82, 2.24) is 0 Å². The van der Waals surface area contributed by atoms with Gasteiger partial charge in [-0.2, -0.15) is 0 Å². The van der Waals surface area contributed by atoms with E-state index in [9.17, 15) is 0 Å². The van der Waals surface area contributed by atoms with Gasteiger partial charge in [0.2, 0.25) is 0 Å². The van der Waals surface area contributed by atoms with Crippen LogP contribution >= 0.6 is 0 Å². The van der Waals surface area contributed by atoms with Gasteiger partial charge in [0.25, 0.3) is 6.47 Å². The van der Waals surface area contributed by atoms with Crippen LogP contribution in [0.3, 0.4) is 0 Å². The first-order valence-electron chi connectivity index (χ1n) is 4.36. The molecule has 0 saturated carbocycles. The monoisotopic (exact) mass is 176 g/mol. The molecule has 0 radical (unpaired) electrons. The number of rotatable bonds is 4. The van der Waals surface area contributed by atoms with E-state index in [4.69, 9.17) is 9.90 Å². The van der Waals surface area contributed by atoms with E-state index < -0.39 is 0 Å². The first kappa shape index (κ1) is 14.0. The summed E-state index contributed by atoms with van der Waals surface area (Å²) in [6.45, 7) is 3.31. The smallest absolute Gasteiger partial charge is 0.290 e. The van der Waals surface area contributed by atoms with Crippen molar-refractivity contribution in [2.45, 2.75) is 26.2 Å². The van der Waals surface area contributed by atoms with Crippen LogP contribution in [0.25, 0.3) is 0 Å². The summed E-state index contributed by atoms with van der Waals surface area (Å²) in [5, 5.41) is 6.89. The van der Waals surface area contributed by atoms with E-state index in [2.05, 4.69) is 28.1 Å². The lowest BCUT2D eigenvalue weighted by Gasteiger charge is -2.23. The first-order valence-corrected chi connectivity index (χ1v) is 4.36. The molecule has 3 heteroatoms. The molecular weight excluding hydrogens is 154 g/mol. The minimum Gasteiger partial charge on any atom is -0.483 e. The average Bonchev–Trinajstić information content (AvgIpc) is 1.87. The predicted octanol–water partition coefficient (Wildman–Crippen LogP) is 1.58. The average molecular weight is 176 g/mol. The molecule has 0 bridgehead atoms. The summed E-state index contributed by atoms with van der Waals surface area (Å²) in [4.78, 5) is 8.36. The van der Waals surface area contributed by atoms with Crippen LogP contribution in [0.5, 0.6) is 0 Å². The summed E-state index contributed by atoms with van der Waals surface area (Å²) < 4.78 is 1.11. The Bertz CT molecular complexity index is 97.2. The zero-order valence-electron chi connectivity index (χ0n) is 8.71. The number of carbonyl (C=O) groups is 1. The second-order valence-electron chi connectivity index (χ2n) is 3.83. The highest BCUT2D eigenvalue weighted by molar-refractivity contribution is 5.32. The highest BCUT2D eigenvalue weighted by atomic mass is 16.3. The van der Waals surface area contributed by atoms with Gasteiger partial charge >= 0.3 is 0 Å². The molecule has 0 aromatic carbocycles. The van der Waals surface area contributed by atoms with Gasteiger partial charge in [-0.05, 0) is 12.8 Å². The van der Waals surface area contributed by atoms with Crippen LogP contribution in [0.4, 0.5) is 0 Å². The molecule has 0 unspecified atom stereocenters. The molecule has 0 aliphatic rings. The third kappa shape index (κ3) is 22.7. The maximum atomic E-state index is 8.36. The van der Waals surface area contributed by atoms with Gasteiger partial charge in [0, 0.05) is 0 Å². The highest BCUT2D eigenvalue weighted by Crippen LogP contribution is 1.98. The van der Waals surface area contributed by atoms with Gasteiger partial charge in [-0.25, -0.2) is 0 Å². The summed E-state index contributed by atoms with van der Waals surface area (Å²) in [7, 11) is 6.74. The number of hydrogen-bond donors (Lipinski definition) is 1. The van der Waals surface area contributed by atoms with Gasteiger partial charge in [-0.3, -0.25) is 4.79 Å². The van der Waals surface area contributed by atoms with Crippen molar-refractivity contribution in [3.63, 3.8) is 0 Å². The topological polar surface area (TPSA) is 37.3 Å². The van der Waals surface area contributed by atoms with Crippen molar-refractivity contribution in [3.05, 3.63) is 0 Å². The van der Waals surface area contributed by atoms with Crippen LogP contribution in [-0.4, -0.2) is 43.7 Å². The standard InChI is InChI=1S/C8H20N.CH2O2/c1-5-6-7-8-9(2,3)4;2-1-3/h5-8H2,1-4H3;1H,(H,2,3)/q+1;. The maximum absolute atomic E-state index is 8.36. The van der Waals surface area contributed by atoms with Gasteiger partial charge in [-0.15, -0.1) is 0 Å². The fourth-order valence-corrected chi connectivity index (χ4v) is 0.836. The van der Waals surface area contributed by atoms with Crippen LogP contribution in [0.1, 0.15) is 26.2 Å². The summed E-state index contributed by atoms with van der Waals surface area (Å²) in [6, 6.07) is 0. The lowest BCUT2D eigenvalue weighted by molar-refractivity contribution is -0.870. The highest BCUT2D eigenvalue weighted by Gasteiger charge is 2.03. The lowest BCUT2D eigenvalue weighted by atomic mass is 10.2. The zero-order valence-corrected chi connectivity index (χ0v) is 8.71. The van der Waals surface area contributed by atoms with Gasteiger partial charge in [0.1, 0.15) is 0 Å². The van der Waals surface area contributed by atoms with Crippen LogP contribution < -0.4 is 0 Å². The van der Waals surface area contributed by atoms with Gasteiger partial charge in [0.15, 0.2) is 0 Å². The molecule has 0 aliphatic heterocycles. The van der Waals surface area contributed by atoms with Gasteiger partial charge in [0.05, 0.1) is 27.7 Å². The third-order valence-corrected chi connectivity index (χ3v) is 1.43. The SMILES string of the molecule is CCCCC[N+](C)(C)C.O=CO. The molecule has 0 spiro atoms. The van der Waals surface area contributed by atoms with Crippen LogP contribution in [-0.2, 0) is 4.79 Å². The Hall–Kier alpha value is -0.570. The van der Waals surface area contributed by atoms with E-state index in [1.54, 1.807) is 0 Å². The minimum absolute atomic E-state index is 0.250. The summed E-state index contributed by atoms with van der Waals surface area (Å²) in [5.74, 6) is 0. The van der Waals surface area contributed by atoms with Crippen LogP contribution in [0.2, 0.25) is 0 Å². The number of unbranched alkanes of at least 4 members (excludes halogenated alkanes) is 2. The Morgan fingerprint density at radius 3 is 1.92 bits per heavy atom. The van der Waals surface area contributed by atoms with E-state index in [1.807, 2.05) is 0 Å². The van der Waals surface area contributed by atoms with Crippen molar-refractivity contribution < 1.29 is 14.4 Å². The van der Waals surface area contributed by atoms with Crippen molar-refractivity contribution in [1.29, 1.82) is 0 Å². The fourth-order valence-electron chi connectivity index (χ4n) is 0.836. The molecule has 0 rings (SSSR count). The van der Waals surface area contributed by atoms with E-state index in [1.165, 1.54) is 25.8 Å². The number of carboxylic acid groups (broad SMARTS) is 1. The number of nitrogens with zero attached hydrogens (tertiary/aromatic N) is 1. The minimum atomic E-state index is -0.250. The van der Waals surface area contributed by atoms with Gasteiger partial charge in [-0.1, -0.05) is 13.3 Å². The second-order valence-corrected chi connectivity index (χ2v) is 3.83. The second kappa shape index (κ2) is 8.53. The first-order chi connectivity index (χ1) is 5.47. The summed E-state index contributed by atoms with van der Waals surface area (Å²) >= 11 is 0. The molecule has 74 valence electrons. The molecule has 0 aromatic heterocycles. The maximum Gasteiger partial charge on any atom is 0.290 e. The Morgan fingerprint density at radius 2 is 1.67 bits per heavy atom. The molecule has 0 saturated heterocycles. The third-order valence-electron chi connectivity index (χ3n) is 1.43. The van der Waals surface area contributed by atoms with E-state index in [0.717, 1.165) is 4.48 Å². The van der Waals surface area contributed by atoms with Crippen molar-refractivity contribution >= 4 is 6.47 Å². The molecule has 3 nitrogen and oxygen atoms in total. The lowest BCUT2D eigenvalue weighted by Crippen LogP contribution is -2.35. The van der Waals surface area contributed by atoms with Crippen molar-refractivity contribution in [2.75, 3.05) is 27.7 Å². The summed E-state index contributed by atoms with van der Waals surface area (Å²) in [5.41, 5.74) is 0. The molecular formula is C9H22NO2+. The quantitative estimate of drug-likeness (QED) is 0.401. The predicted molar refractivity (Wildman–Crippen MR) is 51.1 cm³/mol. The van der Waals surface area contributed by atoms with Crippen molar-refractivity contribution in [3.8, 4) is 0 Å². The molecule has 0 fully saturated rings. The Balaban J connectivity index is 0.